The van der Waals surface area contributed by atoms with E-state index >= 15 is 0 Å². The molecule has 4 rings (SSSR count). The van der Waals surface area contributed by atoms with Gasteiger partial charge in [-0.1, -0.05) is 24.3 Å². The van der Waals surface area contributed by atoms with Gasteiger partial charge in [0.15, 0.2) is 0 Å². The van der Waals surface area contributed by atoms with Gasteiger partial charge >= 0.3 is 0 Å². The number of amides is 1. The zero-order chi connectivity index (χ0) is 19.0. The maximum Gasteiger partial charge on any atom is 0.270 e. The zero-order valence-electron chi connectivity index (χ0n) is 16.1. The van der Waals surface area contributed by atoms with Crippen molar-refractivity contribution in [2.75, 3.05) is 38.2 Å². The molecule has 0 saturated carbocycles. The Morgan fingerprint density at radius 3 is 2.52 bits per heavy atom. The molecule has 0 unspecified atom stereocenters. The first-order valence-electron chi connectivity index (χ1n) is 9.34. The smallest absolute Gasteiger partial charge is 0.270 e. The largest absolute Gasteiger partial charge is 0.495 e. The Labute approximate surface area is 159 Å². The second-order valence-electron chi connectivity index (χ2n) is 7.13. The maximum atomic E-state index is 13.1. The molecule has 1 N–H and O–H groups in total. The van der Waals surface area contributed by atoms with Gasteiger partial charge in [0.2, 0.25) is 0 Å². The van der Waals surface area contributed by atoms with E-state index in [9.17, 15) is 4.79 Å². The topological polar surface area (TPSA) is 48.6 Å². The highest BCUT2D eigenvalue weighted by Crippen LogP contribution is 2.29. The number of para-hydroxylation sites is 2. The van der Waals surface area contributed by atoms with Crippen molar-refractivity contribution in [3.8, 4) is 5.75 Å². The van der Waals surface area contributed by atoms with Crippen molar-refractivity contribution in [1.29, 1.82) is 0 Å². The number of hydrogen-bond donors (Lipinski definition) is 1. The van der Waals surface area contributed by atoms with Gasteiger partial charge in [-0.15, -0.1) is 0 Å². The summed E-state index contributed by atoms with van der Waals surface area (Å²) in [5, 5.41) is 1.12. The molecule has 0 radical (unpaired) electrons. The monoisotopic (exact) mass is 363 g/mol. The van der Waals surface area contributed by atoms with Gasteiger partial charge < -0.3 is 19.5 Å². The molecule has 0 atom stereocenters. The number of anilines is 1. The third kappa shape index (κ3) is 3.14. The van der Waals surface area contributed by atoms with E-state index < -0.39 is 0 Å². The van der Waals surface area contributed by atoms with Gasteiger partial charge in [0.1, 0.15) is 11.4 Å². The summed E-state index contributed by atoms with van der Waals surface area (Å²) in [5.41, 5.74) is 5.05. The Hall–Kier alpha value is -2.95. The maximum absolute atomic E-state index is 13.1. The molecule has 5 heteroatoms. The van der Waals surface area contributed by atoms with Crippen LogP contribution in [0, 0.1) is 13.8 Å². The molecule has 1 fully saturated rings. The molecule has 1 saturated heterocycles. The molecular weight excluding hydrogens is 338 g/mol. The lowest BCUT2D eigenvalue weighted by Crippen LogP contribution is -2.49. The van der Waals surface area contributed by atoms with E-state index in [4.69, 9.17) is 4.74 Å². The van der Waals surface area contributed by atoms with Crippen molar-refractivity contribution < 1.29 is 9.53 Å². The molecule has 1 aromatic heterocycles. The van der Waals surface area contributed by atoms with E-state index in [-0.39, 0.29) is 5.91 Å². The van der Waals surface area contributed by atoms with Gasteiger partial charge in [-0.05, 0) is 43.2 Å². The highest BCUT2D eigenvalue weighted by Gasteiger charge is 2.26. The van der Waals surface area contributed by atoms with Gasteiger partial charge in [0, 0.05) is 37.1 Å². The van der Waals surface area contributed by atoms with Crippen LogP contribution in [0.1, 0.15) is 21.6 Å². The Morgan fingerprint density at radius 2 is 1.78 bits per heavy atom. The number of piperazine rings is 1. The number of fused-ring (bicyclic) bond motifs is 1. The summed E-state index contributed by atoms with van der Waals surface area (Å²) in [5.74, 6) is 0.958. The Balaban J connectivity index is 1.51. The summed E-state index contributed by atoms with van der Waals surface area (Å²) in [7, 11) is 1.69. The van der Waals surface area contributed by atoms with Crippen LogP contribution in [-0.2, 0) is 0 Å². The van der Waals surface area contributed by atoms with E-state index in [1.165, 1.54) is 5.56 Å². The minimum absolute atomic E-state index is 0.0843. The van der Waals surface area contributed by atoms with Crippen LogP contribution in [0.5, 0.6) is 5.75 Å². The van der Waals surface area contributed by atoms with Crippen LogP contribution in [-0.4, -0.2) is 49.1 Å². The molecule has 1 amide bonds. The predicted molar refractivity (Wildman–Crippen MR) is 109 cm³/mol. The summed E-state index contributed by atoms with van der Waals surface area (Å²) < 4.78 is 5.47. The van der Waals surface area contributed by atoms with E-state index in [1.54, 1.807) is 7.11 Å². The van der Waals surface area contributed by atoms with E-state index in [2.05, 4.69) is 41.1 Å². The molecule has 27 heavy (non-hydrogen) atoms. The van der Waals surface area contributed by atoms with E-state index in [0.717, 1.165) is 41.0 Å². The first kappa shape index (κ1) is 17.5. The van der Waals surface area contributed by atoms with Gasteiger partial charge in [-0.3, -0.25) is 4.79 Å². The van der Waals surface area contributed by atoms with Crippen molar-refractivity contribution >= 4 is 22.5 Å². The van der Waals surface area contributed by atoms with Crippen LogP contribution in [0.25, 0.3) is 10.9 Å². The normalized spacial score (nSPS) is 14.6. The highest BCUT2D eigenvalue weighted by atomic mass is 16.5. The average molecular weight is 363 g/mol. The zero-order valence-corrected chi connectivity index (χ0v) is 16.1. The van der Waals surface area contributed by atoms with Gasteiger partial charge in [-0.2, -0.15) is 0 Å². The first-order chi connectivity index (χ1) is 13.1. The van der Waals surface area contributed by atoms with E-state index in [1.807, 2.05) is 30.0 Å². The number of aromatic nitrogens is 1. The molecular formula is C22H25N3O2. The SMILES string of the molecule is COc1ccccc1N1CCN(C(=O)c2[nH]c3cc(C)ccc3c2C)CC1. The average Bonchev–Trinajstić information content (AvgIpc) is 3.03. The molecule has 5 nitrogen and oxygen atoms in total. The number of ether oxygens (including phenoxy) is 1. The minimum Gasteiger partial charge on any atom is -0.495 e. The number of nitrogens with one attached hydrogen (secondary N) is 1. The quantitative estimate of drug-likeness (QED) is 0.771. The van der Waals surface area contributed by atoms with Crippen molar-refractivity contribution in [2.45, 2.75) is 13.8 Å². The summed E-state index contributed by atoms with van der Waals surface area (Å²) in [6.07, 6.45) is 0. The second-order valence-corrected chi connectivity index (χ2v) is 7.13. The van der Waals surface area contributed by atoms with Crippen LogP contribution >= 0.6 is 0 Å². The fourth-order valence-electron chi connectivity index (χ4n) is 3.87. The number of aryl methyl sites for hydroxylation is 2. The predicted octanol–water partition coefficient (Wildman–Crippen LogP) is 3.76. The Bertz CT molecular complexity index is 984. The highest BCUT2D eigenvalue weighted by molar-refractivity contribution is 6.01. The van der Waals surface area contributed by atoms with Gasteiger partial charge in [0.05, 0.1) is 12.8 Å². The lowest BCUT2D eigenvalue weighted by Gasteiger charge is -2.36. The molecule has 0 aliphatic carbocycles. The number of methoxy groups -OCH3 is 1. The van der Waals surface area contributed by atoms with Crippen molar-refractivity contribution in [2.24, 2.45) is 0 Å². The summed E-state index contributed by atoms with van der Waals surface area (Å²) >= 11 is 0. The van der Waals surface area contributed by atoms with Crippen LogP contribution in [0.15, 0.2) is 42.5 Å². The van der Waals surface area contributed by atoms with Gasteiger partial charge in [-0.25, -0.2) is 0 Å². The van der Waals surface area contributed by atoms with Crippen LogP contribution in [0.3, 0.4) is 0 Å². The number of carbonyl (C=O) groups is 1. The number of hydrogen-bond acceptors (Lipinski definition) is 3. The lowest BCUT2D eigenvalue weighted by atomic mass is 10.1. The molecule has 1 aliphatic rings. The molecule has 2 heterocycles. The fraction of sp³-hybridized carbons (Fsp3) is 0.318. The number of carbonyl (C=O) groups excluding carboxylic acids is 1. The lowest BCUT2D eigenvalue weighted by molar-refractivity contribution is 0.0741. The van der Waals surface area contributed by atoms with Crippen LogP contribution in [0.4, 0.5) is 5.69 Å². The summed E-state index contributed by atoms with van der Waals surface area (Å²) in [6.45, 7) is 7.07. The second kappa shape index (κ2) is 6.99. The van der Waals surface area contributed by atoms with Crippen LogP contribution < -0.4 is 9.64 Å². The standard InChI is InChI=1S/C22H25N3O2/c1-15-8-9-17-16(2)21(23-18(17)14-15)22(26)25-12-10-24(11-13-25)19-6-4-5-7-20(19)27-3/h4-9,14,23H,10-13H2,1-3H3. The molecule has 0 spiro atoms. The molecule has 3 aromatic rings. The summed E-state index contributed by atoms with van der Waals surface area (Å²) in [4.78, 5) is 20.7. The first-order valence-corrected chi connectivity index (χ1v) is 9.34. The third-order valence-electron chi connectivity index (χ3n) is 5.42. The molecule has 1 aliphatic heterocycles. The number of aromatic amines is 1. The number of nitrogens with zero attached hydrogens (tertiary/aromatic N) is 2. The third-order valence-corrected chi connectivity index (χ3v) is 5.42. The number of benzene rings is 2. The minimum atomic E-state index is 0.0843. The number of rotatable bonds is 3. The Morgan fingerprint density at radius 1 is 1.04 bits per heavy atom. The molecule has 2 aromatic carbocycles. The van der Waals surface area contributed by atoms with E-state index in [0.29, 0.717) is 18.8 Å². The van der Waals surface area contributed by atoms with Crippen molar-refractivity contribution in [1.82, 2.24) is 9.88 Å². The van der Waals surface area contributed by atoms with Crippen molar-refractivity contribution in [3.05, 3.63) is 59.3 Å². The van der Waals surface area contributed by atoms with Gasteiger partial charge in [0.25, 0.3) is 5.91 Å². The Kier molecular flexibility index (Phi) is 4.52. The van der Waals surface area contributed by atoms with Crippen LogP contribution in [0.2, 0.25) is 0 Å². The van der Waals surface area contributed by atoms with Crippen molar-refractivity contribution in [3.63, 3.8) is 0 Å². The fourth-order valence-corrected chi connectivity index (χ4v) is 3.87. The molecule has 0 bridgehead atoms. The molecule has 140 valence electrons. The summed E-state index contributed by atoms with van der Waals surface area (Å²) in [6, 6.07) is 14.3. The number of H-pyrrole nitrogens is 1.